The van der Waals surface area contributed by atoms with Crippen molar-refractivity contribution in [1.82, 2.24) is 4.72 Å². The second-order valence-corrected chi connectivity index (χ2v) is 7.96. The van der Waals surface area contributed by atoms with Gasteiger partial charge in [0.05, 0.1) is 4.90 Å². The van der Waals surface area contributed by atoms with E-state index in [0.717, 1.165) is 32.1 Å². The minimum Gasteiger partial charge on any atom is -0.207 e. The summed E-state index contributed by atoms with van der Waals surface area (Å²) in [5.74, 6) is -0.423. The minimum atomic E-state index is -3.69. The number of aryl methyl sites for hydroxylation is 2. The predicted molar refractivity (Wildman–Crippen MR) is 82.7 cm³/mol. The van der Waals surface area contributed by atoms with Crippen molar-refractivity contribution >= 4 is 21.6 Å². The first-order chi connectivity index (χ1) is 9.81. The number of rotatable bonds is 3. The van der Waals surface area contributed by atoms with Crippen LogP contribution in [-0.2, 0) is 10.0 Å². The van der Waals surface area contributed by atoms with E-state index in [1.807, 2.05) is 0 Å². The van der Waals surface area contributed by atoms with Gasteiger partial charge in [-0.25, -0.2) is 17.5 Å². The van der Waals surface area contributed by atoms with Crippen LogP contribution in [0.4, 0.5) is 4.39 Å². The Bertz CT molecular complexity index is 595. The third-order valence-corrected chi connectivity index (χ3v) is 6.25. The smallest absolute Gasteiger partial charge is 0.207 e. The average molecular weight is 334 g/mol. The highest BCUT2D eigenvalue weighted by molar-refractivity contribution is 7.89. The van der Waals surface area contributed by atoms with E-state index < -0.39 is 15.8 Å². The van der Waals surface area contributed by atoms with Gasteiger partial charge in [-0.2, -0.15) is 0 Å². The fourth-order valence-electron chi connectivity index (χ4n) is 2.97. The summed E-state index contributed by atoms with van der Waals surface area (Å²) in [4.78, 5) is 0.164. The molecule has 118 valence electrons. The lowest BCUT2D eigenvalue weighted by Gasteiger charge is -2.22. The number of hydrogen-bond donors (Lipinski definition) is 1. The van der Waals surface area contributed by atoms with Gasteiger partial charge in [0.1, 0.15) is 5.82 Å². The summed E-state index contributed by atoms with van der Waals surface area (Å²) in [6.07, 6.45) is 4.64. The van der Waals surface area contributed by atoms with E-state index in [1.54, 1.807) is 13.8 Å². The van der Waals surface area contributed by atoms with Gasteiger partial charge in [0.25, 0.3) is 0 Å². The molecule has 0 spiro atoms. The lowest BCUT2D eigenvalue weighted by atomic mass is 10.1. The molecule has 1 aromatic carbocycles. The summed E-state index contributed by atoms with van der Waals surface area (Å²) in [5.41, 5.74) is 0.833. The third-order valence-electron chi connectivity index (χ3n) is 3.93. The Labute approximate surface area is 130 Å². The maximum absolute atomic E-state index is 13.3. The molecule has 1 aliphatic carbocycles. The molecule has 1 N–H and O–H groups in total. The van der Waals surface area contributed by atoms with Gasteiger partial charge in [0, 0.05) is 11.4 Å². The molecule has 2 unspecified atom stereocenters. The molecule has 0 heterocycles. The zero-order valence-corrected chi connectivity index (χ0v) is 13.9. The Balaban J connectivity index is 2.30. The molecule has 0 aromatic heterocycles. The molecule has 1 aliphatic rings. The molecule has 1 aromatic rings. The zero-order chi connectivity index (χ0) is 15.6. The van der Waals surface area contributed by atoms with Gasteiger partial charge in [0.15, 0.2) is 0 Å². The Morgan fingerprint density at radius 3 is 2.33 bits per heavy atom. The van der Waals surface area contributed by atoms with E-state index in [1.165, 1.54) is 12.1 Å². The molecule has 2 rings (SSSR count). The first kappa shape index (κ1) is 16.7. The normalized spacial score (nSPS) is 23.8. The molecule has 2 atom stereocenters. The van der Waals surface area contributed by atoms with Crippen molar-refractivity contribution in [2.24, 2.45) is 0 Å². The van der Waals surface area contributed by atoms with Gasteiger partial charge in [-0.15, -0.1) is 11.6 Å². The molecule has 6 heteroatoms. The molecule has 21 heavy (non-hydrogen) atoms. The molecule has 3 nitrogen and oxygen atoms in total. The maximum Gasteiger partial charge on any atom is 0.241 e. The highest BCUT2D eigenvalue weighted by Crippen LogP contribution is 2.26. The number of benzene rings is 1. The largest absolute Gasteiger partial charge is 0.241 e. The molecule has 0 aliphatic heterocycles. The van der Waals surface area contributed by atoms with Gasteiger partial charge in [0.2, 0.25) is 10.0 Å². The van der Waals surface area contributed by atoms with Crippen molar-refractivity contribution in [3.63, 3.8) is 0 Å². The molecule has 0 bridgehead atoms. The minimum absolute atomic E-state index is 0.164. The second kappa shape index (κ2) is 6.63. The van der Waals surface area contributed by atoms with Crippen LogP contribution in [-0.4, -0.2) is 19.8 Å². The summed E-state index contributed by atoms with van der Waals surface area (Å²) in [6.45, 7) is 3.21. The van der Waals surface area contributed by atoms with Crippen LogP contribution in [0.3, 0.4) is 0 Å². The number of hydrogen-bond acceptors (Lipinski definition) is 2. The van der Waals surface area contributed by atoms with Gasteiger partial charge in [-0.1, -0.05) is 19.3 Å². The molecule has 0 amide bonds. The van der Waals surface area contributed by atoms with Crippen LogP contribution < -0.4 is 4.72 Å². The van der Waals surface area contributed by atoms with Crippen LogP contribution in [0.5, 0.6) is 0 Å². The van der Waals surface area contributed by atoms with Crippen LogP contribution in [0.1, 0.15) is 43.2 Å². The lowest BCUT2D eigenvalue weighted by Crippen LogP contribution is -2.40. The Morgan fingerprint density at radius 1 is 1.14 bits per heavy atom. The van der Waals surface area contributed by atoms with Crippen molar-refractivity contribution < 1.29 is 12.8 Å². The average Bonchev–Trinajstić information content (AvgIpc) is 2.52. The van der Waals surface area contributed by atoms with Crippen LogP contribution in [0, 0.1) is 19.7 Å². The summed E-state index contributed by atoms with van der Waals surface area (Å²) >= 11 is 6.30. The van der Waals surface area contributed by atoms with Crippen molar-refractivity contribution in [2.75, 3.05) is 0 Å². The predicted octanol–water partition coefficient (Wildman–Crippen LogP) is 3.66. The first-order valence-corrected chi connectivity index (χ1v) is 9.16. The third kappa shape index (κ3) is 3.96. The van der Waals surface area contributed by atoms with Crippen molar-refractivity contribution in [3.05, 3.63) is 29.1 Å². The molecular weight excluding hydrogens is 313 g/mol. The van der Waals surface area contributed by atoms with Crippen molar-refractivity contribution in [2.45, 2.75) is 62.3 Å². The zero-order valence-electron chi connectivity index (χ0n) is 12.3. The monoisotopic (exact) mass is 333 g/mol. The topological polar surface area (TPSA) is 46.2 Å². The van der Waals surface area contributed by atoms with E-state index in [0.29, 0.717) is 11.1 Å². The van der Waals surface area contributed by atoms with Crippen LogP contribution >= 0.6 is 11.6 Å². The summed E-state index contributed by atoms with van der Waals surface area (Å²) in [6, 6.07) is 2.22. The van der Waals surface area contributed by atoms with Crippen LogP contribution in [0.2, 0.25) is 0 Å². The summed E-state index contributed by atoms with van der Waals surface area (Å²) in [5, 5.41) is -0.191. The van der Waals surface area contributed by atoms with E-state index >= 15 is 0 Å². The number of alkyl halides is 1. The van der Waals surface area contributed by atoms with E-state index in [2.05, 4.69) is 4.72 Å². The molecule has 1 saturated carbocycles. The Morgan fingerprint density at radius 2 is 1.71 bits per heavy atom. The fraction of sp³-hybridized carbons (Fsp3) is 0.600. The number of sulfonamides is 1. The van der Waals surface area contributed by atoms with E-state index in [4.69, 9.17) is 11.6 Å². The number of nitrogens with one attached hydrogen (secondary N) is 1. The SMILES string of the molecule is Cc1cc(F)cc(C)c1S(=O)(=O)NC1CCCCCC1Cl. The highest BCUT2D eigenvalue weighted by Gasteiger charge is 2.29. The molecule has 0 radical (unpaired) electrons. The first-order valence-electron chi connectivity index (χ1n) is 7.24. The van der Waals surface area contributed by atoms with Crippen molar-refractivity contribution in [1.29, 1.82) is 0 Å². The van der Waals surface area contributed by atoms with Gasteiger partial charge >= 0.3 is 0 Å². The standard InChI is InChI=1S/C15H21ClFNO2S/c1-10-8-12(17)9-11(2)15(10)21(19,20)18-14-7-5-3-4-6-13(14)16/h8-9,13-14,18H,3-7H2,1-2H3. The van der Waals surface area contributed by atoms with Gasteiger partial charge in [-0.3, -0.25) is 0 Å². The Hall–Kier alpha value is -0.650. The fourth-order valence-corrected chi connectivity index (χ4v) is 5.16. The van der Waals surface area contributed by atoms with Crippen molar-refractivity contribution in [3.8, 4) is 0 Å². The molecule has 1 fully saturated rings. The van der Waals surface area contributed by atoms with Crippen LogP contribution in [0.15, 0.2) is 17.0 Å². The lowest BCUT2D eigenvalue weighted by molar-refractivity contribution is 0.513. The highest BCUT2D eigenvalue weighted by atomic mass is 35.5. The van der Waals surface area contributed by atoms with Gasteiger partial charge in [-0.05, 0) is 49.9 Å². The van der Waals surface area contributed by atoms with Gasteiger partial charge < -0.3 is 0 Å². The molecule has 0 saturated heterocycles. The van der Waals surface area contributed by atoms with E-state index in [-0.39, 0.29) is 16.3 Å². The Kier molecular flexibility index (Phi) is 5.28. The molecular formula is C15H21ClFNO2S. The van der Waals surface area contributed by atoms with Crippen LogP contribution in [0.25, 0.3) is 0 Å². The van der Waals surface area contributed by atoms with E-state index in [9.17, 15) is 12.8 Å². The summed E-state index contributed by atoms with van der Waals surface area (Å²) < 4.78 is 41.3. The number of halogens is 2. The summed E-state index contributed by atoms with van der Waals surface area (Å²) in [7, 11) is -3.69. The maximum atomic E-state index is 13.3. The second-order valence-electron chi connectivity index (χ2n) is 5.75. The quantitative estimate of drug-likeness (QED) is 0.677.